The van der Waals surface area contributed by atoms with Crippen LogP contribution in [0.2, 0.25) is 0 Å². The van der Waals surface area contributed by atoms with Crippen LogP contribution in [-0.4, -0.2) is 19.0 Å². The highest BCUT2D eigenvalue weighted by Crippen LogP contribution is 2.29. The van der Waals surface area contributed by atoms with E-state index in [9.17, 15) is 4.79 Å². The number of hydrogen-bond donors (Lipinski definition) is 0. The van der Waals surface area contributed by atoms with Crippen LogP contribution in [0.15, 0.2) is 0 Å². The molecule has 2 nitrogen and oxygen atoms in total. The zero-order valence-corrected chi connectivity index (χ0v) is 9.54. The third-order valence-corrected chi connectivity index (χ3v) is 3.89. The Morgan fingerprint density at radius 1 is 1.00 bits per heavy atom. The van der Waals surface area contributed by atoms with Crippen molar-refractivity contribution >= 4 is 5.78 Å². The van der Waals surface area contributed by atoms with Crippen LogP contribution < -0.4 is 0 Å². The molecule has 1 aliphatic carbocycles. The summed E-state index contributed by atoms with van der Waals surface area (Å²) in [5.74, 6) is 1.54. The average Bonchev–Trinajstić information content (AvgIpc) is 2.31. The number of ketones is 1. The van der Waals surface area contributed by atoms with Gasteiger partial charge < -0.3 is 4.74 Å². The summed E-state index contributed by atoms with van der Waals surface area (Å²) in [6.07, 6.45) is 9.41. The molecule has 2 heteroatoms. The molecule has 2 fully saturated rings. The second kappa shape index (κ2) is 5.64. The molecule has 2 rings (SSSR count). The number of rotatable bonds is 3. The van der Waals surface area contributed by atoms with Crippen molar-refractivity contribution in [2.45, 2.75) is 51.4 Å². The smallest absolute Gasteiger partial charge is 0.136 e. The van der Waals surface area contributed by atoms with Crippen LogP contribution in [0.1, 0.15) is 51.4 Å². The van der Waals surface area contributed by atoms with Crippen molar-refractivity contribution in [3.8, 4) is 0 Å². The molecule has 0 aromatic carbocycles. The third-order valence-electron chi connectivity index (χ3n) is 3.89. The maximum absolute atomic E-state index is 12.0. The van der Waals surface area contributed by atoms with Gasteiger partial charge in [-0.25, -0.2) is 0 Å². The lowest BCUT2D eigenvalue weighted by molar-refractivity contribution is -0.126. The highest BCUT2D eigenvalue weighted by atomic mass is 16.5. The van der Waals surface area contributed by atoms with E-state index in [1.807, 2.05) is 0 Å². The first-order valence-corrected chi connectivity index (χ1v) is 6.46. The maximum Gasteiger partial charge on any atom is 0.136 e. The van der Waals surface area contributed by atoms with Crippen molar-refractivity contribution in [3.63, 3.8) is 0 Å². The van der Waals surface area contributed by atoms with Gasteiger partial charge in [0.1, 0.15) is 5.78 Å². The van der Waals surface area contributed by atoms with Crippen LogP contribution in [0.4, 0.5) is 0 Å². The lowest BCUT2D eigenvalue weighted by Crippen LogP contribution is -2.25. The largest absolute Gasteiger partial charge is 0.381 e. The van der Waals surface area contributed by atoms with Crippen LogP contribution in [0, 0.1) is 11.8 Å². The Bertz CT molecular complexity index is 201. The van der Waals surface area contributed by atoms with Crippen molar-refractivity contribution in [2.75, 3.05) is 13.2 Å². The second-order valence-corrected chi connectivity index (χ2v) is 5.06. The Hall–Kier alpha value is -0.370. The topological polar surface area (TPSA) is 26.3 Å². The summed E-state index contributed by atoms with van der Waals surface area (Å²) in [7, 11) is 0. The Kier molecular flexibility index (Phi) is 4.18. The molecule has 0 N–H and O–H groups in total. The predicted octanol–water partition coefficient (Wildman–Crippen LogP) is 2.95. The van der Waals surface area contributed by atoms with Gasteiger partial charge in [-0.1, -0.05) is 32.1 Å². The molecule has 1 saturated heterocycles. The van der Waals surface area contributed by atoms with E-state index in [2.05, 4.69) is 0 Å². The molecule has 86 valence electrons. The molecule has 1 aliphatic heterocycles. The molecule has 0 amide bonds. The summed E-state index contributed by atoms with van der Waals surface area (Å²) in [5, 5.41) is 0. The number of ether oxygens (including phenoxy) is 1. The molecule has 2 aliphatic rings. The van der Waals surface area contributed by atoms with E-state index in [1.54, 1.807) is 0 Å². The van der Waals surface area contributed by atoms with E-state index in [0.717, 1.165) is 32.5 Å². The Morgan fingerprint density at radius 3 is 2.33 bits per heavy atom. The number of carbonyl (C=O) groups is 1. The Labute approximate surface area is 92.4 Å². The molecule has 1 heterocycles. The van der Waals surface area contributed by atoms with E-state index in [1.165, 1.54) is 32.1 Å². The standard InChI is InChI=1S/C13H22O2/c14-13(12-6-8-15-9-7-12)10-11-4-2-1-3-5-11/h11-12H,1-10H2. The Balaban J connectivity index is 1.74. The number of hydrogen-bond acceptors (Lipinski definition) is 2. The lowest BCUT2D eigenvalue weighted by Gasteiger charge is -2.25. The first kappa shape index (κ1) is 11.1. The summed E-state index contributed by atoms with van der Waals surface area (Å²) in [6, 6.07) is 0. The van der Waals surface area contributed by atoms with Crippen LogP contribution in [-0.2, 0) is 9.53 Å². The Morgan fingerprint density at radius 2 is 1.67 bits per heavy atom. The SMILES string of the molecule is O=C(CC1CCCCC1)C1CCOCC1. The van der Waals surface area contributed by atoms with E-state index >= 15 is 0 Å². The number of Topliss-reactive ketones (excluding diaryl/α,β-unsaturated/α-hetero) is 1. The minimum atomic E-state index is 0.320. The van der Waals surface area contributed by atoms with Crippen LogP contribution in [0.25, 0.3) is 0 Å². The quantitative estimate of drug-likeness (QED) is 0.716. The molecule has 0 bridgehead atoms. The van der Waals surface area contributed by atoms with Crippen LogP contribution in [0.3, 0.4) is 0 Å². The van der Waals surface area contributed by atoms with Gasteiger partial charge in [0.05, 0.1) is 0 Å². The molecular weight excluding hydrogens is 188 g/mol. The highest BCUT2D eigenvalue weighted by molar-refractivity contribution is 5.81. The van der Waals surface area contributed by atoms with Crippen molar-refractivity contribution < 1.29 is 9.53 Å². The molecule has 0 radical (unpaired) electrons. The highest BCUT2D eigenvalue weighted by Gasteiger charge is 2.24. The molecule has 0 spiro atoms. The maximum atomic E-state index is 12.0. The zero-order chi connectivity index (χ0) is 10.5. The summed E-state index contributed by atoms with van der Waals surface area (Å²) in [6.45, 7) is 1.59. The molecule has 0 aromatic heterocycles. The third kappa shape index (κ3) is 3.30. The van der Waals surface area contributed by atoms with E-state index in [-0.39, 0.29) is 0 Å². The molecule has 0 atom stereocenters. The van der Waals surface area contributed by atoms with Gasteiger partial charge in [-0.3, -0.25) is 4.79 Å². The van der Waals surface area contributed by atoms with Gasteiger partial charge in [0.2, 0.25) is 0 Å². The van der Waals surface area contributed by atoms with Crippen molar-refractivity contribution in [3.05, 3.63) is 0 Å². The first-order valence-electron chi connectivity index (χ1n) is 6.46. The average molecular weight is 210 g/mol. The van der Waals surface area contributed by atoms with E-state index in [0.29, 0.717) is 17.6 Å². The lowest BCUT2D eigenvalue weighted by atomic mass is 9.82. The van der Waals surface area contributed by atoms with E-state index in [4.69, 9.17) is 4.74 Å². The molecule has 0 unspecified atom stereocenters. The fourth-order valence-electron chi connectivity index (χ4n) is 2.86. The van der Waals surface area contributed by atoms with Crippen molar-refractivity contribution in [1.82, 2.24) is 0 Å². The summed E-state index contributed by atoms with van der Waals surface area (Å²) >= 11 is 0. The first-order chi connectivity index (χ1) is 7.36. The van der Waals surface area contributed by atoms with Crippen molar-refractivity contribution in [2.24, 2.45) is 11.8 Å². The number of carbonyl (C=O) groups excluding carboxylic acids is 1. The minimum absolute atomic E-state index is 0.320. The summed E-state index contributed by atoms with van der Waals surface area (Å²) < 4.78 is 5.29. The fourth-order valence-corrected chi connectivity index (χ4v) is 2.86. The summed E-state index contributed by atoms with van der Waals surface area (Å²) in [4.78, 5) is 12.0. The second-order valence-electron chi connectivity index (χ2n) is 5.06. The fraction of sp³-hybridized carbons (Fsp3) is 0.923. The normalized spacial score (nSPS) is 25.3. The van der Waals surface area contributed by atoms with Gasteiger partial charge in [-0.2, -0.15) is 0 Å². The minimum Gasteiger partial charge on any atom is -0.381 e. The van der Waals surface area contributed by atoms with Crippen LogP contribution >= 0.6 is 0 Å². The molecular formula is C13H22O2. The molecule has 0 aromatic rings. The summed E-state index contributed by atoms with van der Waals surface area (Å²) in [5.41, 5.74) is 0. The molecule has 15 heavy (non-hydrogen) atoms. The monoisotopic (exact) mass is 210 g/mol. The zero-order valence-electron chi connectivity index (χ0n) is 9.54. The van der Waals surface area contributed by atoms with Gasteiger partial charge in [0, 0.05) is 25.6 Å². The van der Waals surface area contributed by atoms with Gasteiger partial charge in [-0.05, 0) is 18.8 Å². The van der Waals surface area contributed by atoms with Crippen molar-refractivity contribution in [1.29, 1.82) is 0 Å². The predicted molar refractivity (Wildman–Crippen MR) is 59.7 cm³/mol. The molecule has 1 saturated carbocycles. The van der Waals surface area contributed by atoms with E-state index < -0.39 is 0 Å². The van der Waals surface area contributed by atoms with Gasteiger partial charge in [-0.15, -0.1) is 0 Å². The van der Waals surface area contributed by atoms with Gasteiger partial charge in [0.25, 0.3) is 0 Å². The van der Waals surface area contributed by atoms with Gasteiger partial charge >= 0.3 is 0 Å². The van der Waals surface area contributed by atoms with Crippen LogP contribution in [0.5, 0.6) is 0 Å². The van der Waals surface area contributed by atoms with Gasteiger partial charge in [0.15, 0.2) is 0 Å².